The molecule has 0 unspecified atom stereocenters. The topological polar surface area (TPSA) is 144 Å². The summed E-state index contributed by atoms with van der Waals surface area (Å²) in [6.07, 6.45) is 0. The maximum Gasteiger partial charge on any atom is 0.297 e. The summed E-state index contributed by atoms with van der Waals surface area (Å²) in [4.78, 5) is -0.144. The third-order valence-electron chi connectivity index (χ3n) is 3.89. The molecule has 0 aliphatic rings. The van der Waals surface area contributed by atoms with E-state index in [1.54, 1.807) is 43.3 Å². The molecule has 0 saturated carbocycles. The average Bonchev–Trinajstić information content (AvgIpc) is 2.63. The molecule has 0 heterocycles. The molecule has 0 amide bonds. The SMILES string of the molecule is CCOS(=O)(=O)c1cc(O)c(N=Nc2cc(C)ccc2O)c2ccccc12.N. The van der Waals surface area contributed by atoms with Gasteiger partial charge in [0.05, 0.1) is 6.61 Å². The van der Waals surface area contributed by atoms with Crippen LogP contribution in [-0.4, -0.2) is 25.2 Å². The number of hydrogen-bond donors (Lipinski definition) is 3. The number of phenols is 2. The molecule has 28 heavy (non-hydrogen) atoms. The minimum Gasteiger partial charge on any atom is -0.506 e. The van der Waals surface area contributed by atoms with E-state index in [0.717, 1.165) is 11.6 Å². The van der Waals surface area contributed by atoms with Crippen LogP contribution in [0.2, 0.25) is 0 Å². The zero-order valence-corrected chi connectivity index (χ0v) is 16.3. The largest absolute Gasteiger partial charge is 0.506 e. The van der Waals surface area contributed by atoms with Crippen molar-refractivity contribution in [1.29, 1.82) is 0 Å². The van der Waals surface area contributed by atoms with Gasteiger partial charge < -0.3 is 16.4 Å². The second-order valence-corrected chi connectivity index (χ2v) is 7.42. The smallest absolute Gasteiger partial charge is 0.297 e. The number of phenolic OH excluding ortho intramolecular Hbond substituents is 2. The number of aryl methyl sites for hydroxylation is 1. The van der Waals surface area contributed by atoms with Gasteiger partial charge in [-0.2, -0.15) is 8.42 Å². The monoisotopic (exact) mass is 403 g/mol. The second kappa shape index (κ2) is 8.34. The molecule has 0 aliphatic carbocycles. The van der Waals surface area contributed by atoms with Crippen molar-refractivity contribution in [1.82, 2.24) is 6.15 Å². The summed E-state index contributed by atoms with van der Waals surface area (Å²) in [5, 5.41) is 29.1. The fourth-order valence-electron chi connectivity index (χ4n) is 2.66. The van der Waals surface area contributed by atoms with Gasteiger partial charge in [-0.15, -0.1) is 10.2 Å². The number of aromatic hydroxyl groups is 2. The molecule has 0 bridgehead atoms. The van der Waals surface area contributed by atoms with E-state index >= 15 is 0 Å². The van der Waals surface area contributed by atoms with Crippen molar-refractivity contribution in [2.24, 2.45) is 10.2 Å². The first kappa shape index (κ1) is 21.3. The van der Waals surface area contributed by atoms with Crippen LogP contribution >= 0.6 is 0 Å². The van der Waals surface area contributed by atoms with Gasteiger partial charge in [0.2, 0.25) is 0 Å². The Morgan fingerprint density at radius 3 is 2.32 bits per heavy atom. The zero-order valence-electron chi connectivity index (χ0n) is 15.5. The minimum atomic E-state index is -4.03. The first-order chi connectivity index (χ1) is 12.8. The van der Waals surface area contributed by atoms with Gasteiger partial charge in [0.1, 0.15) is 27.8 Å². The average molecular weight is 403 g/mol. The van der Waals surface area contributed by atoms with Crippen molar-refractivity contribution >= 4 is 32.3 Å². The van der Waals surface area contributed by atoms with Crippen LogP contribution in [0.25, 0.3) is 10.8 Å². The lowest BCUT2D eigenvalue weighted by Gasteiger charge is -2.11. The van der Waals surface area contributed by atoms with Crippen LogP contribution in [0.5, 0.6) is 11.5 Å². The number of fused-ring (bicyclic) bond motifs is 1. The van der Waals surface area contributed by atoms with Crippen LogP contribution in [0.1, 0.15) is 12.5 Å². The molecule has 0 radical (unpaired) electrons. The highest BCUT2D eigenvalue weighted by Crippen LogP contribution is 2.41. The minimum absolute atomic E-state index is 0. The van der Waals surface area contributed by atoms with Crippen LogP contribution in [0, 0.1) is 6.92 Å². The molecule has 3 rings (SSSR count). The highest BCUT2D eigenvalue weighted by Gasteiger charge is 2.22. The fourth-order valence-corrected chi connectivity index (χ4v) is 3.80. The molecular formula is C19H21N3O5S. The summed E-state index contributed by atoms with van der Waals surface area (Å²) in [6, 6.07) is 12.6. The maximum atomic E-state index is 12.4. The third kappa shape index (κ3) is 4.11. The van der Waals surface area contributed by atoms with Gasteiger partial charge in [0, 0.05) is 16.8 Å². The second-order valence-electron chi connectivity index (χ2n) is 5.84. The van der Waals surface area contributed by atoms with Crippen LogP contribution < -0.4 is 6.15 Å². The van der Waals surface area contributed by atoms with Crippen LogP contribution in [0.3, 0.4) is 0 Å². The summed E-state index contributed by atoms with van der Waals surface area (Å²) >= 11 is 0. The summed E-state index contributed by atoms with van der Waals surface area (Å²) in [5.41, 5.74) is 1.22. The van der Waals surface area contributed by atoms with Gasteiger partial charge in [-0.25, -0.2) is 0 Å². The van der Waals surface area contributed by atoms with Gasteiger partial charge in [-0.1, -0.05) is 30.3 Å². The van der Waals surface area contributed by atoms with E-state index < -0.39 is 10.1 Å². The Morgan fingerprint density at radius 1 is 0.964 bits per heavy atom. The standard InChI is InChI=1S/C19H18N2O5S.H3N/c1-3-26-27(24,25)18-11-17(23)19(14-7-5-4-6-13(14)18)21-20-15-10-12(2)8-9-16(15)22;/h4-11,22-23H,3H2,1-2H3;1H3. The van der Waals surface area contributed by atoms with E-state index in [1.165, 1.54) is 6.07 Å². The number of azo groups is 1. The van der Waals surface area contributed by atoms with E-state index in [4.69, 9.17) is 4.18 Å². The normalized spacial score (nSPS) is 11.6. The molecule has 0 aromatic heterocycles. The van der Waals surface area contributed by atoms with Gasteiger partial charge >= 0.3 is 0 Å². The molecule has 148 valence electrons. The van der Waals surface area contributed by atoms with Crippen molar-refractivity contribution in [2.45, 2.75) is 18.7 Å². The van der Waals surface area contributed by atoms with Gasteiger partial charge in [0.25, 0.3) is 10.1 Å². The van der Waals surface area contributed by atoms with E-state index in [1.807, 2.05) is 6.92 Å². The quantitative estimate of drug-likeness (QED) is 0.410. The first-order valence-corrected chi connectivity index (χ1v) is 9.60. The Hall–Kier alpha value is -3.01. The predicted octanol–water partition coefficient (Wildman–Crippen LogP) is 4.86. The van der Waals surface area contributed by atoms with Crippen LogP contribution in [0.4, 0.5) is 11.4 Å². The van der Waals surface area contributed by atoms with E-state index in [9.17, 15) is 18.6 Å². The Bertz CT molecular complexity index is 1140. The van der Waals surface area contributed by atoms with Crippen molar-refractivity contribution in [3.05, 3.63) is 54.1 Å². The Balaban J connectivity index is 0.00000280. The summed E-state index contributed by atoms with van der Waals surface area (Å²) in [6.45, 7) is 3.39. The van der Waals surface area contributed by atoms with Gasteiger partial charge in [-0.3, -0.25) is 4.18 Å². The van der Waals surface area contributed by atoms with Crippen molar-refractivity contribution < 1.29 is 22.8 Å². The molecule has 8 nitrogen and oxygen atoms in total. The molecule has 0 aliphatic heterocycles. The molecule has 5 N–H and O–H groups in total. The first-order valence-electron chi connectivity index (χ1n) is 8.19. The van der Waals surface area contributed by atoms with E-state index in [-0.39, 0.29) is 40.5 Å². The lowest BCUT2D eigenvalue weighted by Crippen LogP contribution is -2.06. The zero-order chi connectivity index (χ0) is 19.6. The number of rotatable bonds is 5. The summed E-state index contributed by atoms with van der Waals surface area (Å²) < 4.78 is 29.6. The molecule has 3 aromatic carbocycles. The lowest BCUT2D eigenvalue weighted by atomic mass is 10.1. The highest BCUT2D eigenvalue weighted by atomic mass is 32.2. The fraction of sp³-hybridized carbons (Fsp3) is 0.158. The molecule has 0 spiro atoms. The number of nitrogens with zero attached hydrogens (tertiary/aromatic N) is 2. The van der Waals surface area contributed by atoms with Crippen molar-refractivity contribution in [3.8, 4) is 11.5 Å². The molecule has 0 saturated heterocycles. The molecule has 9 heteroatoms. The van der Waals surface area contributed by atoms with Gasteiger partial charge in [-0.05, 0) is 31.5 Å². The highest BCUT2D eigenvalue weighted by molar-refractivity contribution is 7.87. The number of benzene rings is 3. The molecule has 3 aromatic rings. The third-order valence-corrected chi connectivity index (χ3v) is 5.31. The van der Waals surface area contributed by atoms with Crippen LogP contribution in [-0.2, 0) is 14.3 Å². The summed E-state index contributed by atoms with van der Waals surface area (Å²) in [7, 11) is -4.03. The molecule has 0 fully saturated rings. The van der Waals surface area contributed by atoms with Gasteiger partial charge in [0.15, 0.2) is 0 Å². The van der Waals surface area contributed by atoms with Crippen molar-refractivity contribution in [2.75, 3.05) is 6.61 Å². The Morgan fingerprint density at radius 2 is 1.64 bits per heavy atom. The maximum absolute atomic E-state index is 12.4. The lowest BCUT2D eigenvalue weighted by molar-refractivity contribution is 0.338. The summed E-state index contributed by atoms with van der Waals surface area (Å²) in [5.74, 6) is -0.411. The van der Waals surface area contributed by atoms with E-state index in [0.29, 0.717) is 10.8 Å². The van der Waals surface area contributed by atoms with Crippen molar-refractivity contribution in [3.63, 3.8) is 0 Å². The van der Waals surface area contributed by atoms with Crippen LogP contribution in [0.15, 0.2) is 63.7 Å². The molecule has 0 atom stereocenters. The van der Waals surface area contributed by atoms with E-state index in [2.05, 4.69) is 10.2 Å². The Kier molecular flexibility index (Phi) is 6.34. The Labute approximate surface area is 162 Å². The number of hydrogen-bond acceptors (Lipinski definition) is 8. The predicted molar refractivity (Wildman–Crippen MR) is 106 cm³/mol. The molecular weight excluding hydrogens is 382 g/mol.